The number of halogens is 2. The molecule has 0 saturated carbocycles. The quantitative estimate of drug-likeness (QED) is 0.829. The zero-order valence-corrected chi connectivity index (χ0v) is 9.22. The third-order valence-corrected chi connectivity index (χ3v) is 2.89. The summed E-state index contributed by atoms with van der Waals surface area (Å²) in [4.78, 5) is 1.78. The van der Waals surface area contributed by atoms with Gasteiger partial charge < -0.3 is 5.73 Å². The highest BCUT2D eigenvalue weighted by molar-refractivity contribution is 5.27. The van der Waals surface area contributed by atoms with Crippen LogP contribution in [0.2, 0.25) is 0 Å². The summed E-state index contributed by atoms with van der Waals surface area (Å²) in [6.07, 6.45) is 0. The number of nitrogens with zero attached hydrogens (tertiary/aromatic N) is 1. The molecule has 1 atom stereocenters. The minimum Gasteiger partial charge on any atom is -0.328 e. The average molecular weight is 214 g/mol. The highest BCUT2D eigenvalue weighted by Crippen LogP contribution is 2.27. The normalized spacial score (nSPS) is 15.4. The van der Waals surface area contributed by atoms with Gasteiger partial charge in [0.1, 0.15) is 11.6 Å². The van der Waals surface area contributed by atoms with Gasteiger partial charge in [-0.1, -0.05) is 0 Å². The van der Waals surface area contributed by atoms with Crippen LogP contribution in [0.5, 0.6) is 0 Å². The van der Waals surface area contributed by atoms with E-state index in [-0.39, 0.29) is 12.1 Å². The molecule has 0 saturated heterocycles. The Labute approximate surface area is 88.7 Å². The third kappa shape index (κ3) is 2.16. The average Bonchev–Trinajstić information content (AvgIpc) is 2.20. The molecule has 1 aromatic rings. The summed E-state index contributed by atoms with van der Waals surface area (Å²) >= 11 is 0. The van der Waals surface area contributed by atoms with E-state index in [1.165, 1.54) is 6.07 Å². The van der Waals surface area contributed by atoms with Crippen LogP contribution >= 0.6 is 0 Å². The smallest absolute Gasteiger partial charge is 0.128 e. The topological polar surface area (TPSA) is 29.3 Å². The van der Waals surface area contributed by atoms with Crippen LogP contribution in [0.4, 0.5) is 8.78 Å². The fourth-order valence-corrected chi connectivity index (χ4v) is 1.44. The van der Waals surface area contributed by atoms with Gasteiger partial charge in [-0.15, -0.1) is 0 Å². The number of hydrogen-bond acceptors (Lipinski definition) is 2. The van der Waals surface area contributed by atoms with E-state index < -0.39 is 17.2 Å². The predicted molar refractivity (Wildman–Crippen MR) is 56.5 cm³/mol. The van der Waals surface area contributed by atoms with Crippen molar-refractivity contribution in [3.8, 4) is 0 Å². The number of hydrogen-bond donors (Lipinski definition) is 1. The van der Waals surface area contributed by atoms with Gasteiger partial charge in [-0.3, -0.25) is 4.90 Å². The molecule has 0 fully saturated rings. The highest BCUT2D eigenvalue weighted by atomic mass is 19.1. The first-order chi connectivity index (χ1) is 6.91. The highest BCUT2D eigenvalue weighted by Gasteiger charge is 2.30. The molecule has 2 nitrogen and oxygen atoms in total. The Kier molecular flexibility index (Phi) is 3.42. The Bertz CT molecular complexity index is 352. The number of likely N-dealkylation sites (N-methyl/N-ethyl adjacent to an activating group) is 1. The summed E-state index contributed by atoms with van der Waals surface area (Å²) in [7, 11) is 3.58. The maximum absolute atomic E-state index is 13.6. The van der Waals surface area contributed by atoms with Crippen LogP contribution in [-0.4, -0.2) is 25.5 Å². The van der Waals surface area contributed by atoms with Crippen molar-refractivity contribution in [2.45, 2.75) is 12.5 Å². The monoisotopic (exact) mass is 214 g/mol. The molecule has 2 N–H and O–H groups in total. The van der Waals surface area contributed by atoms with Crippen molar-refractivity contribution in [1.29, 1.82) is 0 Å². The van der Waals surface area contributed by atoms with Crippen molar-refractivity contribution in [3.05, 3.63) is 35.4 Å². The maximum Gasteiger partial charge on any atom is 0.128 e. The molecule has 0 radical (unpaired) electrons. The van der Waals surface area contributed by atoms with E-state index in [9.17, 15) is 8.78 Å². The molecule has 0 aromatic heterocycles. The molecule has 0 bridgehead atoms. The Morgan fingerprint density at radius 2 is 1.93 bits per heavy atom. The molecule has 0 spiro atoms. The van der Waals surface area contributed by atoms with E-state index in [0.29, 0.717) is 0 Å². The second-order valence-corrected chi connectivity index (χ2v) is 4.00. The molecule has 1 unspecified atom stereocenters. The lowest BCUT2D eigenvalue weighted by atomic mass is 9.90. The Balaban J connectivity index is 3.29. The lowest BCUT2D eigenvalue weighted by Gasteiger charge is -2.36. The van der Waals surface area contributed by atoms with Gasteiger partial charge in [0.25, 0.3) is 0 Å². The third-order valence-electron chi connectivity index (χ3n) is 2.89. The summed E-state index contributed by atoms with van der Waals surface area (Å²) in [5, 5.41) is 0. The van der Waals surface area contributed by atoms with Gasteiger partial charge in [0.05, 0.1) is 5.54 Å². The first-order valence-electron chi connectivity index (χ1n) is 4.75. The molecule has 1 rings (SSSR count). The maximum atomic E-state index is 13.6. The lowest BCUT2D eigenvalue weighted by Crippen LogP contribution is -2.45. The van der Waals surface area contributed by atoms with Crippen molar-refractivity contribution in [2.24, 2.45) is 5.73 Å². The van der Waals surface area contributed by atoms with E-state index in [1.807, 2.05) is 0 Å². The van der Waals surface area contributed by atoms with Gasteiger partial charge in [-0.25, -0.2) is 8.78 Å². The van der Waals surface area contributed by atoms with Gasteiger partial charge in [0, 0.05) is 12.1 Å². The van der Waals surface area contributed by atoms with E-state index >= 15 is 0 Å². The van der Waals surface area contributed by atoms with E-state index in [0.717, 1.165) is 12.1 Å². The van der Waals surface area contributed by atoms with Gasteiger partial charge in [0.15, 0.2) is 0 Å². The largest absolute Gasteiger partial charge is 0.328 e. The van der Waals surface area contributed by atoms with Gasteiger partial charge in [0.2, 0.25) is 0 Å². The second-order valence-electron chi connectivity index (χ2n) is 4.00. The van der Waals surface area contributed by atoms with Crippen molar-refractivity contribution >= 4 is 0 Å². The molecule has 0 aliphatic carbocycles. The Morgan fingerprint density at radius 1 is 1.33 bits per heavy atom. The molecule has 0 aliphatic rings. The van der Waals surface area contributed by atoms with Crippen LogP contribution in [0.3, 0.4) is 0 Å². The van der Waals surface area contributed by atoms with Gasteiger partial charge in [-0.2, -0.15) is 0 Å². The van der Waals surface area contributed by atoms with Crippen LogP contribution in [0.25, 0.3) is 0 Å². The molecule has 0 amide bonds. The first kappa shape index (κ1) is 12.1. The fraction of sp³-hybridized carbons (Fsp3) is 0.455. The molecule has 4 heteroatoms. The zero-order chi connectivity index (χ0) is 11.6. The summed E-state index contributed by atoms with van der Waals surface area (Å²) in [6.45, 7) is 2.01. The van der Waals surface area contributed by atoms with Crippen LogP contribution in [0.15, 0.2) is 18.2 Å². The first-order valence-corrected chi connectivity index (χ1v) is 4.75. The summed E-state index contributed by atoms with van der Waals surface area (Å²) in [5.74, 6) is -0.883. The number of nitrogens with two attached hydrogens (primary N) is 1. The van der Waals surface area contributed by atoms with Crippen LogP contribution in [0.1, 0.15) is 12.5 Å². The van der Waals surface area contributed by atoms with Crippen molar-refractivity contribution in [3.63, 3.8) is 0 Å². The second kappa shape index (κ2) is 4.24. The summed E-state index contributed by atoms with van der Waals surface area (Å²) < 4.78 is 26.6. The molecule has 0 aliphatic heterocycles. The number of rotatable bonds is 3. The van der Waals surface area contributed by atoms with Gasteiger partial charge >= 0.3 is 0 Å². The standard InChI is InChI=1S/C11H16F2N2/c1-11(7-14,15(2)3)9-6-8(12)4-5-10(9)13/h4-6H,7,14H2,1-3H3. The van der Waals surface area contributed by atoms with E-state index in [2.05, 4.69) is 0 Å². The van der Waals surface area contributed by atoms with Crippen LogP contribution in [-0.2, 0) is 5.54 Å². The molecular formula is C11H16F2N2. The van der Waals surface area contributed by atoms with Crippen LogP contribution in [0, 0.1) is 11.6 Å². The van der Waals surface area contributed by atoms with Crippen molar-refractivity contribution in [1.82, 2.24) is 4.90 Å². The SMILES string of the molecule is CN(C)C(C)(CN)c1cc(F)ccc1F. The Hall–Kier alpha value is -1.00. The Morgan fingerprint density at radius 3 is 2.40 bits per heavy atom. The lowest BCUT2D eigenvalue weighted by molar-refractivity contribution is 0.176. The van der Waals surface area contributed by atoms with E-state index in [4.69, 9.17) is 5.73 Å². The van der Waals surface area contributed by atoms with Crippen LogP contribution < -0.4 is 5.73 Å². The number of benzene rings is 1. The van der Waals surface area contributed by atoms with Crippen molar-refractivity contribution in [2.75, 3.05) is 20.6 Å². The zero-order valence-electron chi connectivity index (χ0n) is 9.22. The van der Waals surface area contributed by atoms with Gasteiger partial charge in [-0.05, 0) is 39.2 Å². The minimum atomic E-state index is -0.688. The fourth-order valence-electron chi connectivity index (χ4n) is 1.44. The minimum absolute atomic E-state index is 0.223. The molecule has 84 valence electrons. The molecule has 0 heterocycles. The molecule has 15 heavy (non-hydrogen) atoms. The predicted octanol–water partition coefficient (Wildman–Crippen LogP) is 1.70. The molecule has 1 aromatic carbocycles. The summed E-state index contributed by atoms with van der Waals surface area (Å²) in [6, 6.07) is 3.43. The van der Waals surface area contributed by atoms with Crippen molar-refractivity contribution < 1.29 is 8.78 Å². The summed E-state index contributed by atoms with van der Waals surface area (Å²) in [5.41, 5.74) is 5.23. The molecular weight excluding hydrogens is 198 g/mol. The van der Waals surface area contributed by atoms with E-state index in [1.54, 1.807) is 25.9 Å².